The Bertz CT molecular complexity index is 1230. The summed E-state index contributed by atoms with van der Waals surface area (Å²) in [6.07, 6.45) is -0.526. The van der Waals surface area contributed by atoms with Crippen molar-refractivity contribution < 1.29 is 29.3 Å². The summed E-state index contributed by atoms with van der Waals surface area (Å²) in [6, 6.07) is 7.89. The fourth-order valence-corrected chi connectivity index (χ4v) is 6.07. The van der Waals surface area contributed by atoms with E-state index in [1.165, 1.54) is 12.1 Å². The van der Waals surface area contributed by atoms with Gasteiger partial charge in [-0.2, -0.15) is 0 Å². The molecule has 0 radical (unpaired) electrons. The first-order chi connectivity index (χ1) is 18.0. The molecule has 11 heteroatoms. The molecule has 2 aromatic rings. The Balaban J connectivity index is 1.87. The number of anilines is 1. The third-order valence-corrected chi connectivity index (χ3v) is 8.09. The average molecular weight is 568 g/mol. The highest BCUT2D eigenvalue weighted by Gasteiger charge is 2.65. The molecule has 5 N–H and O–H groups in total. The first kappa shape index (κ1) is 28.7. The van der Waals surface area contributed by atoms with Crippen LogP contribution in [0.4, 0.5) is 14.9 Å². The summed E-state index contributed by atoms with van der Waals surface area (Å²) in [5.74, 6) is -1.63. The van der Waals surface area contributed by atoms with Crippen molar-refractivity contribution in [3.05, 3.63) is 63.4 Å². The lowest BCUT2D eigenvalue weighted by atomic mass is 9.63. The number of benzene rings is 2. The molecule has 0 saturated carbocycles. The number of urea groups is 1. The minimum atomic E-state index is -1.40. The van der Waals surface area contributed by atoms with E-state index in [-0.39, 0.29) is 35.8 Å². The van der Waals surface area contributed by atoms with E-state index >= 15 is 4.39 Å². The molecule has 3 amide bonds. The van der Waals surface area contributed by atoms with Crippen LogP contribution >= 0.6 is 23.2 Å². The minimum Gasteiger partial charge on any atom is -0.396 e. The van der Waals surface area contributed by atoms with Gasteiger partial charge in [-0.15, -0.1) is 0 Å². The van der Waals surface area contributed by atoms with Crippen molar-refractivity contribution >= 4 is 40.8 Å². The third kappa shape index (κ3) is 4.92. The summed E-state index contributed by atoms with van der Waals surface area (Å²) in [5.41, 5.74) is -0.968. The van der Waals surface area contributed by atoms with Gasteiger partial charge in [-0.05, 0) is 47.9 Å². The lowest BCUT2D eigenvalue weighted by molar-refractivity contribution is -0.124. The van der Waals surface area contributed by atoms with Crippen molar-refractivity contribution in [1.29, 1.82) is 0 Å². The molecule has 0 aromatic heterocycles. The summed E-state index contributed by atoms with van der Waals surface area (Å²) in [7, 11) is 0. The Morgan fingerprint density at radius 2 is 2.03 bits per heavy atom. The zero-order valence-corrected chi connectivity index (χ0v) is 22.7. The van der Waals surface area contributed by atoms with Crippen LogP contribution in [0.15, 0.2) is 36.4 Å². The molecule has 0 unspecified atom stereocenters. The van der Waals surface area contributed by atoms with E-state index < -0.39 is 53.3 Å². The van der Waals surface area contributed by atoms with Crippen LogP contribution in [0.5, 0.6) is 0 Å². The molecule has 4 atom stereocenters. The van der Waals surface area contributed by atoms with Gasteiger partial charge in [0, 0.05) is 30.3 Å². The van der Waals surface area contributed by atoms with E-state index in [4.69, 9.17) is 28.3 Å². The maximum absolute atomic E-state index is 15.4. The van der Waals surface area contributed by atoms with Gasteiger partial charge in [0.2, 0.25) is 5.91 Å². The van der Waals surface area contributed by atoms with Gasteiger partial charge in [0.15, 0.2) is 0 Å². The molecule has 8 nitrogen and oxygen atoms in total. The average Bonchev–Trinajstić information content (AvgIpc) is 3.36. The quantitative estimate of drug-likeness (QED) is 0.332. The number of nitrogens with zero attached hydrogens (tertiary/aromatic N) is 1. The van der Waals surface area contributed by atoms with Gasteiger partial charge in [0.1, 0.15) is 11.2 Å². The number of halogens is 3. The van der Waals surface area contributed by atoms with Crippen LogP contribution in [0.25, 0.3) is 0 Å². The molecule has 2 aliphatic rings. The number of hydrogen-bond acceptors (Lipinski definition) is 6. The van der Waals surface area contributed by atoms with Crippen LogP contribution < -0.4 is 15.5 Å². The number of aliphatic hydroxyl groups excluding tert-OH is 3. The molecule has 1 saturated heterocycles. The molecule has 1 fully saturated rings. The van der Waals surface area contributed by atoms with Gasteiger partial charge >= 0.3 is 6.03 Å². The molecule has 38 heavy (non-hydrogen) atoms. The number of amides is 3. The molecule has 0 aliphatic carbocycles. The van der Waals surface area contributed by atoms with Crippen LogP contribution in [0, 0.1) is 17.2 Å². The van der Waals surface area contributed by atoms with Crippen molar-refractivity contribution in [3.63, 3.8) is 0 Å². The summed E-state index contributed by atoms with van der Waals surface area (Å²) in [6.45, 7) is 3.51. The second kappa shape index (κ2) is 11.1. The number of nitrogens with one attached hydrogen (secondary N) is 2. The number of carbonyl (C=O) groups excluding carboxylic acids is 2. The molecule has 2 heterocycles. The van der Waals surface area contributed by atoms with Crippen molar-refractivity contribution in [2.45, 2.75) is 44.2 Å². The Hall–Kier alpha value is -2.27. The van der Waals surface area contributed by atoms with Gasteiger partial charge in [0.25, 0.3) is 0 Å². The van der Waals surface area contributed by atoms with Crippen LogP contribution in [0.3, 0.4) is 0 Å². The number of imide groups is 1. The highest BCUT2D eigenvalue weighted by Crippen LogP contribution is 2.58. The van der Waals surface area contributed by atoms with Gasteiger partial charge in [0.05, 0.1) is 29.5 Å². The Morgan fingerprint density at radius 3 is 2.71 bits per heavy atom. The number of hydrogen-bond donors (Lipinski definition) is 5. The van der Waals surface area contributed by atoms with E-state index in [1.807, 2.05) is 13.8 Å². The van der Waals surface area contributed by atoms with Crippen molar-refractivity contribution in [3.8, 4) is 0 Å². The van der Waals surface area contributed by atoms with Crippen LogP contribution in [-0.4, -0.2) is 59.7 Å². The topological polar surface area (TPSA) is 122 Å². The zero-order valence-electron chi connectivity index (χ0n) is 21.2. The summed E-state index contributed by atoms with van der Waals surface area (Å²) >= 11 is 12.4. The van der Waals surface area contributed by atoms with E-state index in [9.17, 15) is 19.8 Å². The maximum atomic E-state index is 15.4. The van der Waals surface area contributed by atoms with Crippen molar-refractivity contribution in [1.82, 2.24) is 10.6 Å². The summed E-state index contributed by atoms with van der Waals surface area (Å²) in [5, 5.41) is 34.9. The van der Waals surface area contributed by atoms with Gasteiger partial charge in [-0.25, -0.2) is 14.1 Å². The lowest BCUT2D eigenvalue weighted by Crippen LogP contribution is -2.52. The Morgan fingerprint density at radius 1 is 1.29 bits per heavy atom. The van der Waals surface area contributed by atoms with Gasteiger partial charge < -0.3 is 26.0 Å². The fourth-order valence-electron chi connectivity index (χ4n) is 5.72. The molecular formula is C27H32Cl2FN3O5. The monoisotopic (exact) mass is 567 g/mol. The third-order valence-electron chi connectivity index (χ3n) is 7.56. The lowest BCUT2D eigenvalue weighted by Gasteiger charge is -2.38. The molecule has 0 bridgehead atoms. The number of carbonyl (C=O) groups is 2. The summed E-state index contributed by atoms with van der Waals surface area (Å²) in [4.78, 5) is 29.0. The predicted octanol–water partition coefficient (Wildman–Crippen LogP) is 3.54. The molecule has 4 rings (SSSR count). The molecule has 2 aromatic carbocycles. The highest BCUT2D eigenvalue weighted by atomic mass is 35.5. The van der Waals surface area contributed by atoms with Crippen molar-refractivity contribution in [2.24, 2.45) is 11.3 Å². The van der Waals surface area contributed by atoms with E-state index in [2.05, 4.69) is 10.6 Å². The molecule has 206 valence electrons. The number of aliphatic hydroxyl groups is 3. The first-order valence-electron chi connectivity index (χ1n) is 12.5. The largest absolute Gasteiger partial charge is 0.396 e. The number of rotatable bonds is 8. The predicted molar refractivity (Wildman–Crippen MR) is 143 cm³/mol. The molecule has 2 aliphatic heterocycles. The standard InChI is InChI=1S/C27H32Cl2FN3O5/c1-26(2,14-35)11-15-12-32-23(18-4-3-5-20(29)22(18)30)27(15)19-7-6-16(28)10-21(19)33(24(27)37)25(38)31-9-8-17(36)13-34/h3-7,10,15,17,23,32,34-36H,8-9,11-14H2,1-2H3,(H,31,38)/t15-,17+,23-,27-/m1/s1. The smallest absolute Gasteiger partial charge is 0.328 e. The van der Waals surface area contributed by atoms with Crippen LogP contribution in [0.2, 0.25) is 10.0 Å². The van der Waals surface area contributed by atoms with E-state index in [0.29, 0.717) is 23.6 Å². The van der Waals surface area contributed by atoms with E-state index in [0.717, 1.165) is 4.90 Å². The first-order valence-corrected chi connectivity index (χ1v) is 13.2. The Kier molecular flexibility index (Phi) is 8.37. The molecule has 1 spiro atoms. The number of fused-ring (bicyclic) bond motifs is 2. The second-order valence-corrected chi connectivity index (χ2v) is 11.6. The Labute approximate surface area is 230 Å². The normalized spacial score (nSPS) is 23.7. The van der Waals surface area contributed by atoms with Gasteiger partial charge in [-0.1, -0.05) is 55.2 Å². The summed E-state index contributed by atoms with van der Waals surface area (Å²) < 4.78 is 15.4. The van der Waals surface area contributed by atoms with Gasteiger partial charge in [-0.3, -0.25) is 4.79 Å². The second-order valence-electron chi connectivity index (χ2n) is 10.7. The van der Waals surface area contributed by atoms with Crippen LogP contribution in [-0.2, 0) is 10.2 Å². The fraction of sp³-hybridized carbons (Fsp3) is 0.481. The van der Waals surface area contributed by atoms with Crippen LogP contribution in [0.1, 0.15) is 43.9 Å². The highest BCUT2D eigenvalue weighted by molar-refractivity contribution is 6.32. The SMILES string of the molecule is CC(C)(CO)C[C@@H]1CN[C@H](c2cccc(Cl)c2F)[C@@]12C(=O)N(C(=O)NCC[C@H](O)CO)c1cc(Cl)ccc12. The molecular weight excluding hydrogens is 536 g/mol. The van der Waals surface area contributed by atoms with E-state index in [1.54, 1.807) is 24.3 Å². The maximum Gasteiger partial charge on any atom is 0.328 e. The van der Waals surface area contributed by atoms with Crippen molar-refractivity contribution in [2.75, 3.05) is 31.2 Å². The minimum absolute atomic E-state index is 0.0127. The zero-order chi connectivity index (χ0) is 27.8.